The summed E-state index contributed by atoms with van der Waals surface area (Å²) in [4.78, 5) is 6.05. The van der Waals surface area contributed by atoms with Gasteiger partial charge in [-0.15, -0.1) is 0 Å². The summed E-state index contributed by atoms with van der Waals surface area (Å²) in [5.74, 6) is 3.84. The fourth-order valence-corrected chi connectivity index (χ4v) is 8.62. The van der Waals surface area contributed by atoms with Crippen LogP contribution < -0.4 is 0 Å². The first-order valence-corrected chi connectivity index (χ1v) is 13.7. The highest BCUT2D eigenvalue weighted by molar-refractivity contribution is 7.99. The maximum absolute atomic E-state index is 6.66. The minimum Gasteiger partial charge on any atom is -0.353 e. The van der Waals surface area contributed by atoms with E-state index >= 15 is 0 Å². The molecule has 4 bridgehead atoms. The fourth-order valence-electron chi connectivity index (χ4n) is 6.74. The molecule has 180 valence electrons. The highest BCUT2D eigenvalue weighted by atomic mass is 35.5. The second kappa shape index (κ2) is 9.39. The molecule has 33 heavy (non-hydrogen) atoms. The van der Waals surface area contributed by atoms with Crippen molar-refractivity contribution in [3.05, 3.63) is 39.8 Å². The minimum absolute atomic E-state index is 0.317. The van der Waals surface area contributed by atoms with Crippen molar-refractivity contribution in [2.75, 3.05) is 13.7 Å². The monoisotopic (exact) mass is 508 g/mol. The average Bonchev–Trinajstić information content (AvgIpc) is 3.05. The van der Waals surface area contributed by atoms with E-state index in [1.807, 2.05) is 19.2 Å². The zero-order valence-corrected chi connectivity index (χ0v) is 22.3. The molecule has 6 rings (SSSR count). The third-order valence-electron chi connectivity index (χ3n) is 8.01. The second-order valence-corrected chi connectivity index (χ2v) is 12.4. The molecule has 2 aromatic rings. The lowest BCUT2D eigenvalue weighted by atomic mass is 9.53. The van der Waals surface area contributed by atoms with Crippen LogP contribution in [-0.4, -0.2) is 29.1 Å². The summed E-state index contributed by atoms with van der Waals surface area (Å²) in [6.45, 7) is 5.00. The van der Waals surface area contributed by atoms with Gasteiger partial charge >= 0.3 is 0 Å². The van der Waals surface area contributed by atoms with Gasteiger partial charge in [-0.1, -0.05) is 48.8 Å². The number of aromatic nitrogens is 2. The van der Waals surface area contributed by atoms with Crippen molar-refractivity contribution in [1.29, 1.82) is 0 Å². The Kier molecular flexibility index (Phi) is 6.82. The Morgan fingerprint density at radius 2 is 1.67 bits per heavy atom. The van der Waals surface area contributed by atoms with E-state index in [9.17, 15) is 0 Å². The van der Waals surface area contributed by atoms with Gasteiger partial charge in [0.25, 0.3) is 0 Å². The third kappa shape index (κ3) is 4.49. The molecule has 0 radical (unpaired) electrons. The van der Waals surface area contributed by atoms with E-state index in [4.69, 9.17) is 37.7 Å². The molecule has 4 nitrogen and oxygen atoms in total. The molecule has 1 heterocycles. The maximum Gasteiger partial charge on any atom is 0.173 e. The van der Waals surface area contributed by atoms with Crippen molar-refractivity contribution in [1.82, 2.24) is 9.55 Å². The van der Waals surface area contributed by atoms with E-state index < -0.39 is 5.79 Å². The molecule has 7 heteroatoms. The zero-order valence-electron chi connectivity index (χ0n) is 19.9. The Hall–Kier alpha value is -0.720. The van der Waals surface area contributed by atoms with Crippen LogP contribution in [0.1, 0.15) is 63.4 Å². The topological polar surface area (TPSA) is 36.3 Å². The van der Waals surface area contributed by atoms with Gasteiger partial charge in [0.15, 0.2) is 5.79 Å². The van der Waals surface area contributed by atoms with E-state index in [-0.39, 0.29) is 0 Å². The number of ether oxygens (including phenoxy) is 2. The summed E-state index contributed by atoms with van der Waals surface area (Å²) in [5, 5.41) is 2.43. The predicted octanol–water partition coefficient (Wildman–Crippen LogP) is 7.36. The quantitative estimate of drug-likeness (QED) is 0.349. The molecule has 4 aliphatic rings. The maximum atomic E-state index is 6.66. The zero-order chi connectivity index (χ0) is 23.3. The number of imidazole rings is 1. The predicted molar refractivity (Wildman–Crippen MR) is 134 cm³/mol. The molecular formula is C26H34Cl2N2O2S. The van der Waals surface area contributed by atoms with Crippen molar-refractivity contribution in [3.63, 3.8) is 0 Å². The number of hydrogen-bond donors (Lipinski definition) is 0. The van der Waals surface area contributed by atoms with Crippen LogP contribution in [0.4, 0.5) is 0 Å². The number of hydrogen-bond acceptors (Lipinski definition) is 4. The Balaban J connectivity index is 1.32. The van der Waals surface area contributed by atoms with E-state index in [2.05, 4.69) is 25.5 Å². The molecule has 0 N–H and O–H groups in total. The van der Waals surface area contributed by atoms with Crippen molar-refractivity contribution >= 4 is 35.0 Å². The second-order valence-electron chi connectivity index (χ2n) is 10.5. The van der Waals surface area contributed by atoms with Crippen LogP contribution in [0.3, 0.4) is 0 Å². The smallest absolute Gasteiger partial charge is 0.173 e. The Labute approximate surface area is 211 Å². The van der Waals surface area contributed by atoms with Gasteiger partial charge in [-0.3, -0.25) is 0 Å². The molecule has 1 aromatic heterocycles. The average molecular weight is 510 g/mol. The van der Waals surface area contributed by atoms with Crippen LogP contribution in [0, 0.1) is 23.7 Å². The number of nitrogens with zero attached hydrogens (tertiary/aromatic N) is 2. The number of benzene rings is 1. The molecule has 1 aromatic carbocycles. The molecule has 0 atom stereocenters. The summed E-state index contributed by atoms with van der Waals surface area (Å²) in [6.07, 6.45) is 7.27. The largest absolute Gasteiger partial charge is 0.353 e. The van der Waals surface area contributed by atoms with Crippen LogP contribution in [0.5, 0.6) is 0 Å². The number of halogens is 2. The molecule has 0 aliphatic heterocycles. The van der Waals surface area contributed by atoms with Crippen LogP contribution in [0.15, 0.2) is 28.1 Å². The van der Waals surface area contributed by atoms with Crippen molar-refractivity contribution in [2.45, 2.75) is 74.0 Å². The lowest BCUT2D eigenvalue weighted by Gasteiger charge is -2.59. The van der Waals surface area contributed by atoms with Gasteiger partial charge in [0, 0.05) is 47.4 Å². The molecule has 4 saturated carbocycles. The van der Waals surface area contributed by atoms with Gasteiger partial charge < -0.3 is 14.0 Å². The third-order valence-corrected chi connectivity index (χ3v) is 9.59. The Bertz CT molecular complexity index is 974. The number of methoxy groups -OCH3 is 1. The minimum atomic E-state index is -0.394. The van der Waals surface area contributed by atoms with Gasteiger partial charge in [0.05, 0.1) is 12.3 Å². The molecule has 0 spiro atoms. The van der Waals surface area contributed by atoms with Gasteiger partial charge in [0.2, 0.25) is 0 Å². The molecule has 0 unspecified atom stereocenters. The molecule has 4 aliphatic carbocycles. The molecule has 0 amide bonds. The first kappa shape index (κ1) is 24.0. The summed E-state index contributed by atoms with van der Waals surface area (Å²) >= 11 is 14.1. The van der Waals surface area contributed by atoms with Gasteiger partial charge in [-0.2, -0.15) is 0 Å². The first-order valence-electron chi connectivity index (χ1n) is 12.2. The highest BCUT2D eigenvalue weighted by Gasteiger charge is 2.58. The molecule has 4 fully saturated rings. The van der Waals surface area contributed by atoms with Crippen molar-refractivity contribution in [2.24, 2.45) is 30.7 Å². The lowest BCUT2D eigenvalue weighted by Crippen LogP contribution is -2.60. The summed E-state index contributed by atoms with van der Waals surface area (Å²) in [5.41, 5.74) is 1.10. The van der Waals surface area contributed by atoms with E-state index in [0.29, 0.717) is 34.4 Å². The summed E-state index contributed by atoms with van der Waals surface area (Å²) in [7, 11) is 3.95. The molecular weight excluding hydrogens is 475 g/mol. The highest BCUT2D eigenvalue weighted by Crippen LogP contribution is 2.59. The SMILES string of the molecule is COC1(OCCc2nc(C(C)C)c(Sc3cc(Cl)cc(Cl)c3)n2C)C2CC3CC(C2)CC1C3. The van der Waals surface area contributed by atoms with Gasteiger partial charge in [-0.05, 0) is 68.1 Å². The normalized spacial score (nSPS) is 30.5. The summed E-state index contributed by atoms with van der Waals surface area (Å²) in [6, 6.07) is 5.66. The van der Waals surface area contributed by atoms with Gasteiger partial charge in [0.1, 0.15) is 10.9 Å². The van der Waals surface area contributed by atoms with Crippen LogP contribution in [-0.2, 0) is 22.9 Å². The van der Waals surface area contributed by atoms with Crippen molar-refractivity contribution < 1.29 is 9.47 Å². The standard InChI is InChI=1S/C26H34Cl2N2O2S/c1-15(2)24-25(33-22-13-20(27)12-21(28)14-22)30(3)23(29-24)5-6-32-26(31-4)18-8-16-7-17(10-18)11-19(26)9-16/h12-19H,5-11H2,1-4H3. The molecule has 0 saturated heterocycles. The van der Waals surface area contributed by atoms with E-state index in [1.165, 1.54) is 32.1 Å². The van der Waals surface area contributed by atoms with E-state index in [1.54, 1.807) is 17.8 Å². The number of rotatable bonds is 8. The van der Waals surface area contributed by atoms with Crippen LogP contribution in [0.25, 0.3) is 0 Å². The Morgan fingerprint density at radius 3 is 2.21 bits per heavy atom. The Morgan fingerprint density at radius 1 is 1.06 bits per heavy atom. The van der Waals surface area contributed by atoms with E-state index in [0.717, 1.165) is 39.7 Å². The fraction of sp³-hybridized carbons (Fsp3) is 0.654. The van der Waals surface area contributed by atoms with Gasteiger partial charge in [-0.25, -0.2) is 4.98 Å². The van der Waals surface area contributed by atoms with Crippen LogP contribution >= 0.6 is 35.0 Å². The summed E-state index contributed by atoms with van der Waals surface area (Å²) < 4.78 is 15.0. The lowest BCUT2D eigenvalue weighted by molar-refractivity contribution is -0.329. The van der Waals surface area contributed by atoms with Crippen LogP contribution in [0.2, 0.25) is 10.0 Å². The first-order chi connectivity index (χ1) is 15.8. The van der Waals surface area contributed by atoms with Crippen molar-refractivity contribution in [3.8, 4) is 0 Å².